The molecule has 1 fully saturated rings. The molecule has 2 amide bonds. The lowest BCUT2D eigenvalue weighted by Gasteiger charge is -2.19. The standard InChI is InChI=1S/C23H26N4O4S/c1-3-14(2)20(26-21-18-9-4-5-10-19(18)32(30,31)27-21)23(29)25-17-8-6-7-15(13-17)22(28)24-16-11-12-16/h4-10,13-14,16,20H,3,11-12H2,1-2H3,(H,24,28)(H,25,29)(H,26,27)/t14-,20-/m0/s1. The lowest BCUT2D eigenvalue weighted by molar-refractivity contribution is -0.118. The third kappa shape index (κ3) is 4.67. The van der Waals surface area contributed by atoms with E-state index in [9.17, 15) is 18.0 Å². The fourth-order valence-electron chi connectivity index (χ4n) is 3.49. The van der Waals surface area contributed by atoms with E-state index in [2.05, 4.69) is 20.3 Å². The molecule has 1 saturated carbocycles. The number of aliphatic imine (C=N–C) groups is 1. The topological polar surface area (TPSA) is 117 Å². The molecule has 0 saturated heterocycles. The summed E-state index contributed by atoms with van der Waals surface area (Å²) in [6.45, 7) is 3.84. The lowest BCUT2D eigenvalue weighted by atomic mass is 9.98. The number of carbonyl (C=O) groups is 2. The van der Waals surface area contributed by atoms with Crippen LogP contribution in [0.1, 0.15) is 49.0 Å². The van der Waals surface area contributed by atoms with Crippen molar-refractivity contribution in [2.45, 2.75) is 50.1 Å². The van der Waals surface area contributed by atoms with Gasteiger partial charge in [0.15, 0.2) is 0 Å². The Kier molecular flexibility index (Phi) is 6.01. The van der Waals surface area contributed by atoms with Gasteiger partial charge in [0.25, 0.3) is 15.9 Å². The van der Waals surface area contributed by atoms with E-state index < -0.39 is 16.1 Å². The Hall–Kier alpha value is -3.20. The molecule has 1 aliphatic carbocycles. The number of nitrogens with zero attached hydrogens (tertiary/aromatic N) is 1. The molecule has 1 heterocycles. The van der Waals surface area contributed by atoms with E-state index in [1.54, 1.807) is 42.5 Å². The molecule has 9 heteroatoms. The number of hydrogen-bond donors (Lipinski definition) is 3. The highest BCUT2D eigenvalue weighted by Gasteiger charge is 2.33. The maximum Gasteiger partial charge on any atom is 0.263 e. The van der Waals surface area contributed by atoms with Crippen LogP contribution in [-0.4, -0.2) is 38.2 Å². The number of sulfonamides is 1. The van der Waals surface area contributed by atoms with Crippen LogP contribution in [0.4, 0.5) is 5.69 Å². The highest BCUT2D eigenvalue weighted by atomic mass is 32.2. The van der Waals surface area contributed by atoms with E-state index in [1.807, 2.05) is 13.8 Å². The van der Waals surface area contributed by atoms with Crippen molar-refractivity contribution in [2.24, 2.45) is 10.9 Å². The van der Waals surface area contributed by atoms with Gasteiger partial charge in [-0.2, -0.15) is 0 Å². The number of nitrogens with one attached hydrogen (secondary N) is 3. The smallest absolute Gasteiger partial charge is 0.263 e. The van der Waals surface area contributed by atoms with Crippen LogP contribution >= 0.6 is 0 Å². The fraction of sp³-hybridized carbons (Fsp3) is 0.348. The van der Waals surface area contributed by atoms with Crippen molar-refractivity contribution < 1.29 is 18.0 Å². The summed E-state index contributed by atoms with van der Waals surface area (Å²) in [5, 5.41) is 5.76. The van der Waals surface area contributed by atoms with Crippen molar-refractivity contribution in [3.05, 3.63) is 59.7 Å². The molecule has 4 rings (SSSR count). The molecule has 1 aliphatic heterocycles. The Labute approximate surface area is 187 Å². The van der Waals surface area contributed by atoms with Crippen molar-refractivity contribution >= 4 is 33.4 Å². The highest BCUT2D eigenvalue weighted by Crippen LogP contribution is 2.25. The van der Waals surface area contributed by atoms with Gasteiger partial charge in [-0.05, 0) is 49.1 Å². The van der Waals surface area contributed by atoms with E-state index >= 15 is 0 Å². The first-order valence-corrected chi connectivity index (χ1v) is 12.2. The normalized spacial score (nSPS) is 19.5. The summed E-state index contributed by atoms with van der Waals surface area (Å²) in [5.41, 5.74) is 1.41. The third-order valence-electron chi connectivity index (χ3n) is 5.69. The second-order valence-corrected chi connectivity index (χ2v) is 9.88. The zero-order valence-corrected chi connectivity index (χ0v) is 18.8. The Morgan fingerprint density at radius 2 is 1.91 bits per heavy atom. The van der Waals surface area contributed by atoms with Crippen molar-refractivity contribution in [3.8, 4) is 0 Å². The highest BCUT2D eigenvalue weighted by molar-refractivity contribution is 7.90. The molecule has 168 valence electrons. The van der Waals surface area contributed by atoms with Crippen LogP contribution < -0.4 is 15.4 Å². The quantitative estimate of drug-likeness (QED) is 0.596. The van der Waals surface area contributed by atoms with E-state index in [0.717, 1.165) is 12.8 Å². The van der Waals surface area contributed by atoms with E-state index in [4.69, 9.17) is 0 Å². The van der Waals surface area contributed by atoms with Crippen LogP contribution in [0.2, 0.25) is 0 Å². The molecule has 0 aromatic heterocycles. The maximum absolute atomic E-state index is 13.1. The molecule has 3 N–H and O–H groups in total. The first-order chi connectivity index (χ1) is 15.3. The van der Waals surface area contributed by atoms with Gasteiger partial charge in [-0.25, -0.2) is 8.42 Å². The molecule has 0 bridgehead atoms. The van der Waals surface area contributed by atoms with Crippen molar-refractivity contribution in [3.63, 3.8) is 0 Å². The molecule has 32 heavy (non-hydrogen) atoms. The predicted molar refractivity (Wildman–Crippen MR) is 122 cm³/mol. The fourth-order valence-corrected chi connectivity index (χ4v) is 4.73. The van der Waals surface area contributed by atoms with Crippen molar-refractivity contribution in [1.82, 2.24) is 10.0 Å². The maximum atomic E-state index is 13.1. The number of rotatable bonds is 7. The monoisotopic (exact) mass is 454 g/mol. The number of hydrogen-bond acceptors (Lipinski definition) is 5. The van der Waals surface area contributed by atoms with E-state index in [-0.39, 0.29) is 34.5 Å². The average molecular weight is 455 g/mol. The summed E-state index contributed by atoms with van der Waals surface area (Å²) in [5.74, 6) is -0.505. The first-order valence-electron chi connectivity index (χ1n) is 10.7. The van der Waals surface area contributed by atoms with Crippen molar-refractivity contribution in [1.29, 1.82) is 0 Å². The molecule has 0 unspecified atom stereocenters. The predicted octanol–water partition coefficient (Wildman–Crippen LogP) is 2.67. The first kappa shape index (κ1) is 22.0. The number of amidine groups is 1. The molecular weight excluding hydrogens is 428 g/mol. The van der Waals surface area contributed by atoms with Gasteiger partial charge >= 0.3 is 0 Å². The van der Waals surface area contributed by atoms with E-state index in [0.29, 0.717) is 23.2 Å². The molecule has 2 aliphatic rings. The summed E-state index contributed by atoms with van der Waals surface area (Å²) >= 11 is 0. The van der Waals surface area contributed by atoms with Gasteiger partial charge in [0.05, 0.1) is 4.90 Å². The van der Waals surface area contributed by atoms with Crippen LogP contribution in [-0.2, 0) is 14.8 Å². The zero-order chi connectivity index (χ0) is 22.9. The van der Waals surface area contributed by atoms with Gasteiger partial charge in [0.1, 0.15) is 11.9 Å². The molecule has 8 nitrogen and oxygen atoms in total. The van der Waals surface area contributed by atoms with Crippen LogP contribution in [0.25, 0.3) is 0 Å². The molecule has 0 spiro atoms. The Balaban J connectivity index is 1.58. The van der Waals surface area contributed by atoms with Crippen molar-refractivity contribution in [2.75, 3.05) is 5.32 Å². The van der Waals surface area contributed by atoms with Gasteiger partial charge in [0, 0.05) is 22.9 Å². The lowest BCUT2D eigenvalue weighted by Crippen LogP contribution is -2.35. The van der Waals surface area contributed by atoms with Gasteiger partial charge in [0.2, 0.25) is 5.91 Å². The molecule has 2 aromatic rings. The van der Waals surface area contributed by atoms with Gasteiger partial charge in [-0.15, -0.1) is 0 Å². The minimum absolute atomic E-state index is 0.138. The third-order valence-corrected chi connectivity index (χ3v) is 7.08. The summed E-state index contributed by atoms with van der Waals surface area (Å²) in [6, 6.07) is 12.7. The Morgan fingerprint density at radius 1 is 1.16 bits per heavy atom. The molecule has 2 aromatic carbocycles. The average Bonchev–Trinajstić information content (AvgIpc) is 3.55. The Morgan fingerprint density at radius 3 is 2.62 bits per heavy atom. The summed E-state index contributed by atoms with van der Waals surface area (Å²) in [7, 11) is -3.69. The van der Waals surface area contributed by atoms with Crippen LogP contribution in [0, 0.1) is 5.92 Å². The number of benzene rings is 2. The molecule has 0 radical (unpaired) electrons. The van der Waals surface area contributed by atoms with Crippen LogP contribution in [0.3, 0.4) is 0 Å². The van der Waals surface area contributed by atoms with Gasteiger partial charge in [-0.3, -0.25) is 19.3 Å². The number of anilines is 1. The van der Waals surface area contributed by atoms with Gasteiger partial charge < -0.3 is 10.6 Å². The summed E-state index contributed by atoms with van der Waals surface area (Å²) < 4.78 is 27.3. The van der Waals surface area contributed by atoms with Crippen LogP contribution in [0.15, 0.2) is 58.4 Å². The largest absolute Gasteiger partial charge is 0.349 e. The SMILES string of the molecule is CC[C@H](C)[C@H](N=C1NS(=O)(=O)c2ccccc21)C(=O)Nc1cccc(C(=O)NC2CC2)c1. The summed E-state index contributed by atoms with van der Waals surface area (Å²) in [4.78, 5) is 30.1. The number of fused-ring (bicyclic) bond motifs is 1. The second kappa shape index (κ2) is 8.74. The minimum atomic E-state index is -3.69. The van der Waals surface area contributed by atoms with Gasteiger partial charge in [-0.1, -0.05) is 38.5 Å². The molecular formula is C23H26N4O4S. The number of carbonyl (C=O) groups excluding carboxylic acids is 2. The number of amides is 2. The Bertz CT molecular complexity index is 1190. The summed E-state index contributed by atoms with van der Waals surface area (Å²) in [6.07, 6.45) is 2.66. The van der Waals surface area contributed by atoms with E-state index in [1.165, 1.54) is 6.07 Å². The van der Waals surface area contributed by atoms with Crippen LogP contribution in [0.5, 0.6) is 0 Å². The zero-order valence-electron chi connectivity index (χ0n) is 18.0. The second-order valence-electron chi connectivity index (χ2n) is 8.23. The minimum Gasteiger partial charge on any atom is -0.349 e. The molecule has 2 atom stereocenters.